The van der Waals surface area contributed by atoms with E-state index in [1.54, 1.807) is 30.6 Å². The Morgan fingerprint density at radius 3 is 2.52 bits per heavy atom. The Kier molecular flexibility index (Phi) is 5.69. The zero-order valence-electron chi connectivity index (χ0n) is 16.8. The SMILES string of the molecule is N=C(N)c1ccc2ccc(OCC3(C(=O)O)CCN(c4ccncc4)CC3)c(Cl)c2c1. The van der Waals surface area contributed by atoms with E-state index in [4.69, 9.17) is 27.5 Å². The molecule has 8 heteroatoms. The molecule has 0 bridgehead atoms. The van der Waals surface area contributed by atoms with Crippen molar-refractivity contribution in [3.63, 3.8) is 0 Å². The van der Waals surface area contributed by atoms with Gasteiger partial charge >= 0.3 is 5.97 Å². The number of carboxylic acids is 1. The summed E-state index contributed by atoms with van der Waals surface area (Å²) in [5, 5.41) is 19.6. The van der Waals surface area contributed by atoms with Crippen LogP contribution >= 0.6 is 11.6 Å². The molecule has 31 heavy (non-hydrogen) atoms. The number of pyridine rings is 1. The number of nitrogen functional groups attached to an aromatic ring is 1. The lowest BCUT2D eigenvalue weighted by Gasteiger charge is -2.39. The highest BCUT2D eigenvalue weighted by Crippen LogP contribution is 2.38. The van der Waals surface area contributed by atoms with Crippen molar-refractivity contribution in [2.45, 2.75) is 12.8 Å². The first-order valence-corrected chi connectivity index (χ1v) is 10.4. The standard InChI is InChI=1S/C23H23ClN4O3/c24-20-18-13-16(21(25)26)2-1-15(18)3-4-19(20)31-14-23(22(29)30)7-11-28(12-8-23)17-5-9-27-10-6-17/h1-6,9-10,13H,7-8,11-12,14H2,(H3,25,26)(H,29,30). The van der Waals surface area contributed by atoms with Crippen LogP contribution in [0.5, 0.6) is 5.75 Å². The smallest absolute Gasteiger partial charge is 0.313 e. The lowest BCUT2D eigenvalue weighted by atomic mass is 9.79. The predicted molar refractivity (Wildman–Crippen MR) is 121 cm³/mol. The van der Waals surface area contributed by atoms with Gasteiger partial charge in [-0.1, -0.05) is 29.8 Å². The summed E-state index contributed by atoms with van der Waals surface area (Å²) in [6.45, 7) is 1.27. The fourth-order valence-corrected chi connectivity index (χ4v) is 4.21. The van der Waals surface area contributed by atoms with Crippen LogP contribution in [-0.2, 0) is 4.79 Å². The van der Waals surface area contributed by atoms with Gasteiger partial charge < -0.3 is 20.5 Å². The maximum absolute atomic E-state index is 12.2. The van der Waals surface area contributed by atoms with Crippen molar-refractivity contribution in [2.75, 3.05) is 24.6 Å². The third-order valence-corrected chi connectivity index (χ3v) is 6.33. The summed E-state index contributed by atoms with van der Waals surface area (Å²) in [6, 6.07) is 12.8. The number of nitrogens with one attached hydrogen (secondary N) is 1. The van der Waals surface area contributed by atoms with Crippen molar-refractivity contribution >= 4 is 39.9 Å². The number of ether oxygens (including phenoxy) is 1. The molecule has 7 nitrogen and oxygen atoms in total. The van der Waals surface area contributed by atoms with Gasteiger partial charge in [-0.05, 0) is 42.5 Å². The van der Waals surface area contributed by atoms with Crippen LogP contribution in [-0.4, -0.2) is 41.6 Å². The number of amidine groups is 1. The molecule has 1 aromatic heterocycles. The van der Waals surface area contributed by atoms with Gasteiger partial charge in [0, 0.05) is 42.1 Å². The number of piperidine rings is 1. The van der Waals surface area contributed by atoms with E-state index in [0.717, 1.165) is 11.1 Å². The number of fused-ring (bicyclic) bond motifs is 1. The lowest BCUT2D eigenvalue weighted by molar-refractivity contribution is -0.152. The van der Waals surface area contributed by atoms with Crippen molar-refractivity contribution in [1.29, 1.82) is 5.41 Å². The summed E-state index contributed by atoms with van der Waals surface area (Å²) < 4.78 is 5.96. The Hall–Kier alpha value is -3.32. The molecule has 4 N–H and O–H groups in total. The Balaban J connectivity index is 1.52. The number of anilines is 1. The van der Waals surface area contributed by atoms with E-state index in [-0.39, 0.29) is 12.4 Å². The average Bonchev–Trinajstić information content (AvgIpc) is 2.79. The topological polar surface area (TPSA) is 113 Å². The molecule has 4 rings (SSSR count). The molecule has 0 unspecified atom stereocenters. The molecule has 0 aliphatic carbocycles. The second-order valence-electron chi connectivity index (χ2n) is 7.79. The van der Waals surface area contributed by atoms with Crippen LogP contribution in [0, 0.1) is 10.8 Å². The molecule has 3 aromatic rings. The largest absolute Gasteiger partial charge is 0.491 e. The van der Waals surface area contributed by atoms with Crippen molar-refractivity contribution in [3.05, 3.63) is 65.4 Å². The van der Waals surface area contributed by atoms with Crippen LogP contribution in [0.1, 0.15) is 18.4 Å². The first-order valence-electron chi connectivity index (χ1n) is 9.97. The Morgan fingerprint density at radius 1 is 1.19 bits per heavy atom. The zero-order valence-corrected chi connectivity index (χ0v) is 17.6. The lowest BCUT2D eigenvalue weighted by Crippen LogP contribution is -2.47. The minimum atomic E-state index is -0.983. The Labute approximate surface area is 184 Å². The molecule has 2 aromatic carbocycles. The fourth-order valence-electron chi connectivity index (χ4n) is 3.93. The normalized spacial score (nSPS) is 15.6. The van der Waals surface area contributed by atoms with Crippen LogP contribution in [0.2, 0.25) is 5.02 Å². The van der Waals surface area contributed by atoms with Gasteiger partial charge in [0.15, 0.2) is 0 Å². The van der Waals surface area contributed by atoms with Gasteiger partial charge in [0.2, 0.25) is 0 Å². The molecule has 0 atom stereocenters. The highest BCUT2D eigenvalue weighted by molar-refractivity contribution is 6.37. The van der Waals surface area contributed by atoms with Crippen LogP contribution in [0.3, 0.4) is 0 Å². The number of carbonyl (C=O) groups is 1. The number of halogens is 1. The quantitative estimate of drug-likeness (QED) is 0.397. The number of benzene rings is 2. The van der Waals surface area contributed by atoms with Crippen molar-refractivity contribution < 1.29 is 14.6 Å². The summed E-state index contributed by atoms with van der Waals surface area (Å²) >= 11 is 6.57. The van der Waals surface area contributed by atoms with Gasteiger partial charge in [-0.25, -0.2) is 0 Å². The summed E-state index contributed by atoms with van der Waals surface area (Å²) in [4.78, 5) is 18.4. The van der Waals surface area contributed by atoms with Gasteiger partial charge in [0.25, 0.3) is 0 Å². The summed E-state index contributed by atoms with van der Waals surface area (Å²) in [5.74, 6) is -0.486. The molecular weight excluding hydrogens is 416 g/mol. The molecule has 160 valence electrons. The molecule has 0 saturated carbocycles. The number of aliphatic carboxylic acids is 1. The van der Waals surface area contributed by atoms with Gasteiger partial charge in [0.1, 0.15) is 23.6 Å². The molecule has 2 heterocycles. The second kappa shape index (κ2) is 8.43. The number of carboxylic acid groups (broad SMARTS) is 1. The third kappa shape index (κ3) is 4.14. The fraction of sp³-hybridized carbons (Fsp3) is 0.261. The summed E-state index contributed by atoms with van der Waals surface area (Å²) in [6.07, 6.45) is 4.39. The highest BCUT2D eigenvalue weighted by Gasteiger charge is 2.42. The summed E-state index contributed by atoms with van der Waals surface area (Å²) in [5.41, 5.74) is 6.21. The van der Waals surface area contributed by atoms with Crippen LogP contribution in [0.15, 0.2) is 54.9 Å². The monoisotopic (exact) mass is 438 g/mol. The van der Waals surface area contributed by atoms with Crippen LogP contribution in [0.25, 0.3) is 10.8 Å². The van der Waals surface area contributed by atoms with E-state index in [1.165, 1.54) is 0 Å². The molecule has 1 fully saturated rings. The van der Waals surface area contributed by atoms with E-state index in [0.29, 0.717) is 47.7 Å². The van der Waals surface area contributed by atoms with Gasteiger partial charge in [-0.2, -0.15) is 0 Å². The van der Waals surface area contributed by atoms with Crippen LogP contribution in [0.4, 0.5) is 5.69 Å². The van der Waals surface area contributed by atoms with Crippen molar-refractivity contribution in [3.8, 4) is 5.75 Å². The molecule has 1 aliphatic heterocycles. The van der Waals surface area contributed by atoms with Gasteiger partial charge in [-0.3, -0.25) is 15.2 Å². The van der Waals surface area contributed by atoms with E-state index in [1.807, 2.05) is 24.3 Å². The van der Waals surface area contributed by atoms with E-state index < -0.39 is 11.4 Å². The molecule has 1 saturated heterocycles. The molecule has 0 amide bonds. The van der Waals surface area contributed by atoms with Crippen LogP contribution < -0.4 is 15.4 Å². The number of rotatable bonds is 6. The summed E-state index contributed by atoms with van der Waals surface area (Å²) in [7, 11) is 0. The number of hydrogen-bond acceptors (Lipinski definition) is 5. The van der Waals surface area contributed by atoms with E-state index in [2.05, 4.69) is 9.88 Å². The minimum absolute atomic E-state index is 0.0319. The van der Waals surface area contributed by atoms with E-state index in [9.17, 15) is 9.90 Å². The first-order chi connectivity index (χ1) is 14.9. The highest BCUT2D eigenvalue weighted by atomic mass is 35.5. The predicted octanol–water partition coefficient (Wildman–Crippen LogP) is 3.92. The molecule has 0 spiro atoms. The van der Waals surface area contributed by atoms with Crippen molar-refractivity contribution in [2.24, 2.45) is 11.1 Å². The Bertz CT molecular complexity index is 1130. The second-order valence-corrected chi connectivity index (χ2v) is 8.17. The van der Waals surface area contributed by atoms with Gasteiger partial charge in [-0.15, -0.1) is 0 Å². The number of nitrogens with zero attached hydrogens (tertiary/aromatic N) is 2. The average molecular weight is 439 g/mol. The third-order valence-electron chi connectivity index (χ3n) is 5.94. The number of aromatic nitrogens is 1. The van der Waals surface area contributed by atoms with E-state index >= 15 is 0 Å². The van der Waals surface area contributed by atoms with Gasteiger partial charge in [0.05, 0.1) is 5.02 Å². The zero-order chi connectivity index (χ0) is 22.0. The molecular formula is C23H23ClN4O3. The maximum atomic E-state index is 12.2. The molecule has 0 radical (unpaired) electrons. The van der Waals surface area contributed by atoms with Crippen molar-refractivity contribution in [1.82, 2.24) is 4.98 Å². The Morgan fingerprint density at radius 2 is 1.87 bits per heavy atom. The maximum Gasteiger partial charge on any atom is 0.313 e. The molecule has 1 aliphatic rings. The minimum Gasteiger partial charge on any atom is -0.491 e. The first kappa shape index (κ1) is 20.9. The number of nitrogens with two attached hydrogens (primary N) is 1. The number of hydrogen-bond donors (Lipinski definition) is 3.